The summed E-state index contributed by atoms with van der Waals surface area (Å²) in [6.07, 6.45) is 5.86. The summed E-state index contributed by atoms with van der Waals surface area (Å²) < 4.78 is 65.0. The second kappa shape index (κ2) is 24.3. The molecule has 7 aliphatic rings. The highest BCUT2D eigenvalue weighted by molar-refractivity contribution is 5.88. The molecule has 6 aliphatic heterocycles. The van der Waals surface area contributed by atoms with Gasteiger partial charge in [0, 0.05) is 136 Å². The molecule has 9 heterocycles. The number of benzene rings is 1. The number of fused-ring (bicyclic) bond motifs is 3. The number of H-pyrrole nitrogens is 1. The van der Waals surface area contributed by atoms with Crippen LogP contribution in [0.2, 0.25) is 0 Å². The fourth-order valence-electron chi connectivity index (χ4n) is 13.3. The third-order valence-electron chi connectivity index (χ3n) is 18.0. The van der Waals surface area contributed by atoms with Crippen molar-refractivity contribution in [3.8, 4) is 18.1 Å². The van der Waals surface area contributed by atoms with Gasteiger partial charge in [0.2, 0.25) is 11.8 Å². The Morgan fingerprint density at radius 2 is 1.51 bits per heavy atom. The Morgan fingerprint density at radius 3 is 2.20 bits per heavy atom. The standard InChI is InChI=1S/C60H75F3N14O5/c1-6-53(78)72-22-24-73(25-23-72)56-45-15-21-75(55-40(4)39(3)33-48-44(55)13-18-65-48)37-50(45)66-58(68-56)81-30-16-51(71-28-31-80-32-29-71)41-10-11-47(60(61,62)63)52(34-41)74-20-14-46-49(36-74)67-59(82-38-43-9-8-19-70(43)5)69-57(46)76-26-27-77(54(79)7-2)42(35-76)12-17-64/h6-7,10-11,13,18,33-34,39-40,42-43,51,65H,1-2,8-9,12,14-16,19-32,35-38H2,3-5H3/t39?,40?,42?,43-,51?/m0/s1. The Labute approximate surface area is 477 Å². The van der Waals surface area contributed by atoms with Crippen LogP contribution in [0, 0.1) is 23.2 Å². The quantitative estimate of drug-likeness (QED) is 0.153. The van der Waals surface area contributed by atoms with Crippen molar-refractivity contribution in [2.75, 3.05) is 127 Å². The van der Waals surface area contributed by atoms with Gasteiger partial charge < -0.3 is 53.5 Å². The van der Waals surface area contributed by atoms with Crippen LogP contribution in [0.5, 0.6) is 12.0 Å². The second-order valence-electron chi connectivity index (χ2n) is 22.7. The van der Waals surface area contributed by atoms with Crippen molar-refractivity contribution in [3.05, 3.63) is 100.0 Å². The van der Waals surface area contributed by atoms with Gasteiger partial charge in [-0.1, -0.05) is 39.1 Å². The predicted octanol–water partition coefficient (Wildman–Crippen LogP) is 4.68. The minimum absolute atomic E-state index is 0.0574. The Kier molecular flexibility index (Phi) is 16.8. The molecule has 1 N–H and O–H groups in total. The number of anilines is 3. The first kappa shape index (κ1) is 56.6. The molecule has 1 aliphatic carbocycles. The molecule has 4 unspecified atom stereocenters. The van der Waals surface area contributed by atoms with Crippen molar-refractivity contribution in [1.29, 1.82) is 5.26 Å². The molecule has 2 amide bonds. The number of aromatic nitrogens is 5. The number of piperazine rings is 2. The van der Waals surface area contributed by atoms with Crippen LogP contribution in [0.4, 0.5) is 30.5 Å². The zero-order valence-electron chi connectivity index (χ0n) is 47.4. The summed E-state index contributed by atoms with van der Waals surface area (Å²) in [5.74, 6) is 1.69. The van der Waals surface area contributed by atoms with Gasteiger partial charge in [-0.15, -0.1) is 0 Å². The highest BCUT2D eigenvalue weighted by Gasteiger charge is 2.40. The number of carbonyl (C=O) groups excluding carboxylic acids is 2. The summed E-state index contributed by atoms with van der Waals surface area (Å²) >= 11 is 0. The number of hydrogen-bond acceptors (Lipinski definition) is 16. The van der Waals surface area contributed by atoms with Gasteiger partial charge in [-0.3, -0.25) is 14.5 Å². The molecule has 436 valence electrons. The number of halogens is 3. The number of carbonyl (C=O) groups is 2. The first-order valence-corrected chi connectivity index (χ1v) is 29.1. The number of likely N-dealkylation sites (N-methyl/N-ethyl adjacent to an activating group) is 1. The van der Waals surface area contributed by atoms with Crippen molar-refractivity contribution in [3.63, 3.8) is 0 Å². The van der Waals surface area contributed by atoms with E-state index in [0.29, 0.717) is 121 Å². The lowest BCUT2D eigenvalue weighted by Crippen LogP contribution is -2.55. The van der Waals surface area contributed by atoms with Gasteiger partial charge >= 0.3 is 18.2 Å². The summed E-state index contributed by atoms with van der Waals surface area (Å²) in [5, 5.41) is 12.1. The van der Waals surface area contributed by atoms with Crippen LogP contribution < -0.4 is 34.7 Å². The van der Waals surface area contributed by atoms with Gasteiger partial charge in [0.25, 0.3) is 0 Å². The lowest BCUT2D eigenvalue weighted by atomic mass is 9.86. The van der Waals surface area contributed by atoms with Crippen molar-refractivity contribution >= 4 is 40.9 Å². The largest absolute Gasteiger partial charge is 0.463 e. The number of likely N-dealkylation sites (tertiary alicyclic amines) is 1. The minimum atomic E-state index is -4.67. The zero-order chi connectivity index (χ0) is 57.2. The average Bonchev–Trinajstić information content (AvgIpc) is 4.20. The van der Waals surface area contributed by atoms with E-state index in [-0.39, 0.29) is 73.6 Å². The molecule has 4 aromatic rings. The Balaban J connectivity index is 0.887. The van der Waals surface area contributed by atoms with Crippen LogP contribution >= 0.6 is 0 Å². The van der Waals surface area contributed by atoms with Crippen LogP contribution in [0.1, 0.15) is 79.2 Å². The lowest BCUT2D eigenvalue weighted by Gasteiger charge is -2.42. The van der Waals surface area contributed by atoms with E-state index in [1.54, 1.807) is 26.8 Å². The van der Waals surface area contributed by atoms with Crippen LogP contribution in [0.3, 0.4) is 0 Å². The number of ether oxygens (including phenoxy) is 3. The fraction of sp³-hybridized carbons (Fsp3) is 0.550. The summed E-state index contributed by atoms with van der Waals surface area (Å²) in [7, 11) is 2.06. The number of rotatable bonds is 16. The van der Waals surface area contributed by atoms with Gasteiger partial charge in [0.15, 0.2) is 0 Å². The number of nitrogens with zero attached hydrogens (tertiary/aromatic N) is 13. The van der Waals surface area contributed by atoms with Crippen molar-refractivity contribution in [2.45, 2.75) is 89.8 Å². The molecular weight excluding hydrogens is 1050 g/mol. The number of morpholine rings is 1. The van der Waals surface area contributed by atoms with E-state index in [2.05, 4.69) is 81.7 Å². The van der Waals surface area contributed by atoms with Crippen molar-refractivity contribution < 1.29 is 37.0 Å². The van der Waals surface area contributed by atoms with Crippen LogP contribution in [0.25, 0.3) is 11.8 Å². The number of nitriles is 1. The second-order valence-corrected chi connectivity index (χ2v) is 22.7. The molecule has 3 aromatic heterocycles. The van der Waals surface area contributed by atoms with Crippen molar-refractivity contribution in [1.82, 2.24) is 49.4 Å². The average molecular weight is 1130 g/mol. The maximum absolute atomic E-state index is 15.4. The summed E-state index contributed by atoms with van der Waals surface area (Å²) in [5.41, 5.74) is 4.65. The molecule has 0 bridgehead atoms. The Bertz CT molecular complexity index is 3210. The number of hydrogen-bond donors (Lipinski definition) is 1. The summed E-state index contributed by atoms with van der Waals surface area (Å²) in [6.45, 7) is 20.5. The Hall–Kier alpha value is -7.22. The molecule has 19 nitrogen and oxygen atoms in total. The SMILES string of the molecule is C=CC(=O)N1CCN(c2nc(OCCC(c3ccc(C(F)(F)F)c(N4CCc5c(nc(OC[C@@H]6CCCN6C)nc5N5CCN(C(=O)C=C)C(CC#N)C5)C4)c3)N3CCOCC3)nc3c2CCN(C2=c4cc[nH]c4=CC(C)C2C)C3)CC1. The molecule has 82 heavy (non-hydrogen) atoms. The fourth-order valence-corrected chi connectivity index (χ4v) is 13.3. The van der Waals surface area contributed by atoms with E-state index < -0.39 is 17.8 Å². The van der Waals surface area contributed by atoms with Crippen molar-refractivity contribution in [2.24, 2.45) is 11.8 Å². The molecular formula is C60H75F3N14O5. The van der Waals surface area contributed by atoms with Gasteiger partial charge in [-0.05, 0) is 81.1 Å². The first-order valence-electron chi connectivity index (χ1n) is 29.1. The first-order chi connectivity index (χ1) is 39.7. The van der Waals surface area contributed by atoms with E-state index in [4.69, 9.17) is 34.1 Å². The number of amides is 2. The maximum Gasteiger partial charge on any atom is 0.418 e. The molecule has 4 fully saturated rings. The van der Waals surface area contributed by atoms with E-state index in [1.165, 1.54) is 29.1 Å². The zero-order valence-corrected chi connectivity index (χ0v) is 47.4. The number of alkyl halides is 3. The third kappa shape index (κ3) is 11.7. The molecule has 1 aromatic carbocycles. The van der Waals surface area contributed by atoms with Gasteiger partial charge in [0.1, 0.15) is 18.2 Å². The van der Waals surface area contributed by atoms with E-state index in [1.807, 2.05) is 6.20 Å². The molecule has 4 saturated heterocycles. The number of nitrogens with one attached hydrogen (secondary N) is 1. The molecule has 5 atom stereocenters. The topological polar surface area (TPSA) is 179 Å². The van der Waals surface area contributed by atoms with Gasteiger partial charge in [-0.2, -0.15) is 38.4 Å². The lowest BCUT2D eigenvalue weighted by molar-refractivity contribution is -0.137. The monoisotopic (exact) mass is 1130 g/mol. The number of aromatic amines is 1. The van der Waals surface area contributed by atoms with E-state index >= 15 is 13.2 Å². The Morgan fingerprint density at radius 1 is 0.829 bits per heavy atom. The van der Waals surface area contributed by atoms with E-state index in [9.17, 15) is 14.9 Å². The normalized spacial score (nSPS) is 22.9. The smallest absolute Gasteiger partial charge is 0.418 e. The van der Waals surface area contributed by atoms with Crippen LogP contribution in [-0.4, -0.2) is 185 Å². The molecule has 0 radical (unpaired) electrons. The minimum Gasteiger partial charge on any atom is -0.463 e. The highest BCUT2D eigenvalue weighted by atomic mass is 19.4. The van der Waals surface area contributed by atoms with Crippen LogP contribution in [0.15, 0.2) is 55.8 Å². The highest BCUT2D eigenvalue weighted by Crippen LogP contribution is 2.42. The van der Waals surface area contributed by atoms with Gasteiger partial charge in [-0.25, -0.2) is 0 Å². The van der Waals surface area contributed by atoms with Crippen LogP contribution in [-0.2, 0) is 46.4 Å². The van der Waals surface area contributed by atoms with E-state index in [0.717, 1.165) is 60.3 Å². The summed E-state index contributed by atoms with van der Waals surface area (Å²) in [4.78, 5) is 65.6. The van der Waals surface area contributed by atoms with Gasteiger partial charge in [0.05, 0.1) is 68.4 Å². The molecule has 0 saturated carbocycles. The third-order valence-corrected chi connectivity index (χ3v) is 18.0. The molecule has 0 spiro atoms. The summed E-state index contributed by atoms with van der Waals surface area (Å²) in [6, 6.07) is 8.67. The predicted molar refractivity (Wildman–Crippen MR) is 304 cm³/mol. The maximum atomic E-state index is 15.4. The molecule has 22 heteroatoms. The molecule has 11 rings (SSSR count).